The molecular formula is C12H19NO. The molecule has 0 spiro atoms. The van der Waals surface area contributed by atoms with E-state index in [1.165, 1.54) is 38.5 Å². The first kappa shape index (κ1) is 8.75. The van der Waals surface area contributed by atoms with Gasteiger partial charge in [0.25, 0.3) is 0 Å². The molecule has 0 aliphatic heterocycles. The van der Waals surface area contributed by atoms with Gasteiger partial charge in [-0.05, 0) is 43.4 Å². The SMILES string of the molecule is O=C(NCCC1CC1)C1CC2CC2C1. The third-order valence-electron chi connectivity index (χ3n) is 4.16. The first-order valence-electron chi connectivity index (χ1n) is 6.10. The lowest BCUT2D eigenvalue weighted by Gasteiger charge is -2.11. The van der Waals surface area contributed by atoms with Crippen LogP contribution in [0.5, 0.6) is 0 Å². The highest BCUT2D eigenvalue weighted by Crippen LogP contribution is 2.54. The summed E-state index contributed by atoms with van der Waals surface area (Å²) >= 11 is 0. The van der Waals surface area contributed by atoms with Crippen LogP contribution < -0.4 is 5.32 Å². The van der Waals surface area contributed by atoms with E-state index in [1.807, 2.05) is 0 Å². The highest BCUT2D eigenvalue weighted by Gasteiger charge is 2.47. The maximum atomic E-state index is 11.7. The van der Waals surface area contributed by atoms with Crippen LogP contribution in [0.2, 0.25) is 0 Å². The average Bonchev–Trinajstić information content (AvgIpc) is 3.08. The Morgan fingerprint density at radius 2 is 1.86 bits per heavy atom. The second-order valence-corrected chi connectivity index (χ2v) is 5.45. The molecule has 0 heterocycles. The van der Waals surface area contributed by atoms with Crippen molar-refractivity contribution in [3.8, 4) is 0 Å². The number of hydrogen-bond acceptors (Lipinski definition) is 1. The van der Waals surface area contributed by atoms with Crippen molar-refractivity contribution < 1.29 is 4.79 Å². The monoisotopic (exact) mass is 193 g/mol. The molecule has 3 saturated carbocycles. The molecule has 78 valence electrons. The van der Waals surface area contributed by atoms with E-state index in [1.54, 1.807) is 0 Å². The molecule has 0 saturated heterocycles. The van der Waals surface area contributed by atoms with Crippen molar-refractivity contribution in [2.24, 2.45) is 23.7 Å². The minimum atomic E-state index is 0.345. The Morgan fingerprint density at radius 1 is 1.14 bits per heavy atom. The molecular weight excluding hydrogens is 174 g/mol. The normalized spacial score (nSPS) is 39.3. The molecule has 3 fully saturated rings. The predicted octanol–water partition coefficient (Wildman–Crippen LogP) is 1.95. The number of carbonyl (C=O) groups excluding carboxylic acids is 1. The fourth-order valence-electron chi connectivity index (χ4n) is 2.88. The summed E-state index contributed by atoms with van der Waals surface area (Å²) < 4.78 is 0. The minimum Gasteiger partial charge on any atom is -0.356 e. The Hall–Kier alpha value is -0.530. The van der Waals surface area contributed by atoms with E-state index in [4.69, 9.17) is 0 Å². The third-order valence-corrected chi connectivity index (χ3v) is 4.16. The quantitative estimate of drug-likeness (QED) is 0.726. The van der Waals surface area contributed by atoms with Crippen LogP contribution in [0, 0.1) is 23.7 Å². The predicted molar refractivity (Wildman–Crippen MR) is 54.7 cm³/mol. The molecule has 3 aliphatic carbocycles. The van der Waals surface area contributed by atoms with E-state index < -0.39 is 0 Å². The van der Waals surface area contributed by atoms with Crippen molar-refractivity contribution >= 4 is 5.91 Å². The Morgan fingerprint density at radius 3 is 2.50 bits per heavy atom. The Labute approximate surface area is 85.4 Å². The van der Waals surface area contributed by atoms with Crippen LogP contribution in [0.1, 0.15) is 38.5 Å². The molecule has 2 unspecified atom stereocenters. The molecule has 1 amide bonds. The number of nitrogens with one attached hydrogen (secondary N) is 1. The lowest BCUT2D eigenvalue weighted by atomic mass is 10.0. The van der Waals surface area contributed by atoms with Gasteiger partial charge in [-0.25, -0.2) is 0 Å². The van der Waals surface area contributed by atoms with E-state index in [2.05, 4.69) is 5.32 Å². The largest absolute Gasteiger partial charge is 0.356 e. The Bertz CT molecular complexity index is 237. The molecule has 0 radical (unpaired) electrons. The summed E-state index contributed by atoms with van der Waals surface area (Å²) in [6.07, 6.45) is 7.77. The lowest BCUT2D eigenvalue weighted by Crippen LogP contribution is -2.30. The van der Waals surface area contributed by atoms with Gasteiger partial charge in [-0.15, -0.1) is 0 Å². The summed E-state index contributed by atoms with van der Waals surface area (Å²) in [5.74, 6) is 3.51. The number of rotatable bonds is 4. The smallest absolute Gasteiger partial charge is 0.223 e. The average molecular weight is 193 g/mol. The van der Waals surface area contributed by atoms with E-state index in [0.29, 0.717) is 11.8 Å². The number of carbonyl (C=O) groups is 1. The van der Waals surface area contributed by atoms with Crippen molar-refractivity contribution in [3.63, 3.8) is 0 Å². The molecule has 0 aromatic rings. The highest BCUT2D eigenvalue weighted by molar-refractivity contribution is 5.79. The highest BCUT2D eigenvalue weighted by atomic mass is 16.1. The second-order valence-electron chi connectivity index (χ2n) is 5.45. The van der Waals surface area contributed by atoms with Crippen molar-refractivity contribution in [2.45, 2.75) is 38.5 Å². The van der Waals surface area contributed by atoms with Crippen molar-refractivity contribution in [1.82, 2.24) is 5.32 Å². The van der Waals surface area contributed by atoms with Crippen LogP contribution in [0.4, 0.5) is 0 Å². The molecule has 0 bridgehead atoms. The molecule has 14 heavy (non-hydrogen) atoms. The van der Waals surface area contributed by atoms with E-state index in [0.717, 1.165) is 24.3 Å². The molecule has 0 aromatic carbocycles. The zero-order chi connectivity index (χ0) is 9.54. The van der Waals surface area contributed by atoms with Crippen LogP contribution >= 0.6 is 0 Å². The molecule has 2 heteroatoms. The van der Waals surface area contributed by atoms with Gasteiger partial charge >= 0.3 is 0 Å². The topological polar surface area (TPSA) is 29.1 Å². The fraction of sp³-hybridized carbons (Fsp3) is 0.917. The number of fused-ring (bicyclic) bond motifs is 1. The molecule has 3 aliphatic rings. The zero-order valence-corrected chi connectivity index (χ0v) is 8.67. The van der Waals surface area contributed by atoms with Gasteiger partial charge in [-0.1, -0.05) is 12.8 Å². The summed E-state index contributed by atoms with van der Waals surface area (Å²) in [5, 5.41) is 3.10. The second kappa shape index (κ2) is 3.25. The maximum absolute atomic E-state index is 11.7. The summed E-state index contributed by atoms with van der Waals surface area (Å²) in [4.78, 5) is 11.7. The Balaban J connectivity index is 1.37. The van der Waals surface area contributed by atoms with Crippen LogP contribution in [-0.4, -0.2) is 12.5 Å². The lowest BCUT2D eigenvalue weighted by molar-refractivity contribution is -0.125. The number of hydrogen-bond donors (Lipinski definition) is 1. The van der Waals surface area contributed by atoms with Crippen LogP contribution in [0.25, 0.3) is 0 Å². The number of amides is 1. The fourth-order valence-corrected chi connectivity index (χ4v) is 2.88. The van der Waals surface area contributed by atoms with Gasteiger partial charge in [0, 0.05) is 12.5 Å². The van der Waals surface area contributed by atoms with Crippen LogP contribution in [-0.2, 0) is 4.79 Å². The van der Waals surface area contributed by atoms with Crippen molar-refractivity contribution in [1.29, 1.82) is 0 Å². The molecule has 2 atom stereocenters. The van der Waals surface area contributed by atoms with Gasteiger partial charge in [0.2, 0.25) is 5.91 Å². The van der Waals surface area contributed by atoms with Crippen LogP contribution in [0.3, 0.4) is 0 Å². The van der Waals surface area contributed by atoms with E-state index in [9.17, 15) is 4.79 Å². The van der Waals surface area contributed by atoms with Crippen LogP contribution in [0.15, 0.2) is 0 Å². The van der Waals surface area contributed by atoms with Gasteiger partial charge in [-0.2, -0.15) is 0 Å². The van der Waals surface area contributed by atoms with Gasteiger partial charge in [-0.3, -0.25) is 4.79 Å². The third kappa shape index (κ3) is 1.79. The van der Waals surface area contributed by atoms with E-state index >= 15 is 0 Å². The van der Waals surface area contributed by atoms with Gasteiger partial charge in [0.1, 0.15) is 0 Å². The Kier molecular flexibility index (Phi) is 2.03. The molecule has 0 aromatic heterocycles. The molecule has 3 rings (SSSR count). The summed E-state index contributed by atoms with van der Waals surface area (Å²) in [6.45, 7) is 0.926. The van der Waals surface area contributed by atoms with Gasteiger partial charge in [0.15, 0.2) is 0 Å². The van der Waals surface area contributed by atoms with Gasteiger partial charge < -0.3 is 5.32 Å². The van der Waals surface area contributed by atoms with Crippen molar-refractivity contribution in [3.05, 3.63) is 0 Å². The van der Waals surface area contributed by atoms with Crippen molar-refractivity contribution in [2.75, 3.05) is 6.54 Å². The van der Waals surface area contributed by atoms with E-state index in [-0.39, 0.29) is 0 Å². The zero-order valence-electron chi connectivity index (χ0n) is 8.67. The first-order chi connectivity index (χ1) is 6.83. The summed E-state index contributed by atoms with van der Waals surface area (Å²) in [5.41, 5.74) is 0. The summed E-state index contributed by atoms with van der Waals surface area (Å²) in [6, 6.07) is 0. The first-order valence-corrected chi connectivity index (χ1v) is 6.10. The minimum absolute atomic E-state index is 0.345. The summed E-state index contributed by atoms with van der Waals surface area (Å²) in [7, 11) is 0. The maximum Gasteiger partial charge on any atom is 0.223 e. The molecule has 1 N–H and O–H groups in total. The van der Waals surface area contributed by atoms with Gasteiger partial charge in [0.05, 0.1) is 0 Å². The standard InChI is InChI=1S/C12H19NO/c14-12(13-4-3-8-1-2-8)11-6-9-5-10(9)7-11/h8-11H,1-7H2,(H,13,14). The molecule has 2 nitrogen and oxygen atoms in total.